The van der Waals surface area contributed by atoms with E-state index in [1.807, 2.05) is 65.6 Å². The molecule has 10 heteroatoms. The summed E-state index contributed by atoms with van der Waals surface area (Å²) in [6.07, 6.45) is 0.755. The number of hydrogen-bond acceptors (Lipinski definition) is 7. The lowest BCUT2D eigenvalue weighted by Crippen LogP contribution is -2.11. The standard InChI is InChI=1S/C32H29N5O5/c1-4-21-15-26(29-11-5-18(2)42-29)37(35-21)22-8-9-25-24(16-22)34-32(23-14-20(31(33)40)7-10-27(23)38)36(25)17-19-6-12-30(41-3)28(39)13-19/h5-16,38-39H,4,17H2,1-3H3,(H2,33,40). The minimum absolute atomic E-state index is 0.00735. The number of amides is 1. The highest BCUT2D eigenvalue weighted by molar-refractivity contribution is 5.95. The quantitative estimate of drug-likeness (QED) is 0.219. The second-order valence-corrected chi connectivity index (χ2v) is 9.99. The molecule has 1 amide bonds. The van der Waals surface area contributed by atoms with E-state index in [2.05, 4.69) is 0 Å². The molecule has 0 bridgehead atoms. The zero-order chi connectivity index (χ0) is 29.5. The number of aryl methyl sites for hydroxylation is 2. The minimum atomic E-state index is -0.618. The Hall–Kier alpha value is -5.51. The maximum atomic E-state index is 12.0. The molecule has 0 aliphatic carbocycles. The van der Waals surface area contributed by atoms with E-state index in [4.69, 9.17) is 25.0 Å². The molecule has 0 aliphatic heterocycles. The van der Waals surface area contributed by atoms with Gasteiger partial charge in [-0.3, -0.25) is 4.79 Å². The van der Waals surface area contributed by atoms with E-state index in [1.54, 1.807) is 12.1 Å². The molecule has 212 valence electrons. The van der Waals surface area contributed by atoms with Crippen molar-refractivity contribution in [2.75, 3.05) is 7.11 Å². The number of aromatic nitrogens is 4. The Balaban J connectivity index is 1.54. The fourth-order valence-corrected chi connectivity index (χ4v) is 5.05. The van der Waals surface area contributed by atoms with Crippen molar-refractivity contribution in [3.05, 3.63) is 95.4 Å². The Morgan fingerprint density at radius 1 is 1.00 bits per heavy atom. The number of nitrogens with two attached hydrogens (primary N) is 1. The molecule has 3 aromatic carbocycles. The summed E-state index contributed by atoms with van der Waals surface area (Å²) in [6, 6.07) is 21.2. The van der Waals surface area contributed by atoms with Gasteiger partial charge in [-0.1, -0.05) is 13.0 Å². The van der Waals surface area contributed by atoms with Gasteiger partial charge in [-0.15, -0.1) is 0 Å². The van der Waals surface area contributed by atoms with Gasteiger partial charge in [0.25, 0.3) is 0 Å². The molecular formula is C32H29N5O5. The highest BCUT2D eigenvalue weighted by Gasteiger charge is 2.20. The van der Waals surface area contributed by atoms with Crippen molar-refractivity contribution >= 4 is 16.9 Å². The van der Waals surface area contributed by atoms with Crippen molar-refractivity contribution in [1.29, 1.82) is 0 Å². The third-order valence-corrected chi connectivity index (χ3v) is 7.20. The minimum Gasteiger partial charge on any atom is -0.507 e. The number of rotatable bonds is 8. The molecule has 6 aromatic rings. The van der Waals surface area contributed by atoms with Gasteiger partial charge in [-0.05, 0) is 85.6 Å². The molecule has 0 saturated heterocycles. The first kappa shape index (κ1) is 26.7. The number of ether oxygens (including phenoxy) is 1. The van der Waals surface area contributed by atoms with Crippen LogP contribution in [0.25, 0.3) is 39.6 Å². The van der Waals surface area contributed by atoms with Gasteiger partial charge in [0.05, 0.1) is 35.1 Å². The summed E-state index contributed by atoms with van der Waals surface area (Å²) in [5.74, 6) is 1.63. The number of aromatic hydroxyl groups is 2. The highest BCUT2D eigenvalue weighted by Crippen LogP contribution is 2.35. The van der Waals surface area contributed by atoms with Crippen molar-refractivity contribution in [1.82, 2.24) is 19.3 Å². The Morgan fingerprint density at radius 2 is 1.83 bits per heavy atom. The molecule has 10 nitrogen and oxygen atoms in total. The molecule has 6 rings (SSSR count). The zero-order valence-electron chi connectivity index (χ0n) is 23.3. The van der Waals surface area contributed by atoms with Gasteiger partial charge in [0, 0.05) is 12.1 Å². The Labute approximate surface area is 241 Å². The first-order chi connectivity index (χ1) is 20.2. The summed E-state index contributed by atoms with van der Waals surface area (Å²) < 4.78 is 14.9. The van der Waals surface area contributed by atoms with E-state index in [0.29, 0.717) is 35.0 Å². The van der Waals surface area contributed by atoms with Crippen LogP contribution in [0.2, 0.25) is 0 Å². The first-order valence-corrected chi connectivity index (χ1v) is 13.4. The number of carbonyl (C=O) groups excluding carboxylic acids is 1. The normalized spacial score (nSPS) is 11.3. The van der Waals surface area contributed by atoms with Crippen LogP contribution in [0.5, 0.6) is 17.2 Å². The van der Waals surface area contributed by atoms with Crippen molar-refractivity contribution < 1.29 is 24.2 Å². The topological polar surface area (TPSA) is 142 Å². The third-order valence-electron chi connectivity index (χ3n) is 7.20. The summed E-state index contributed by atoms with van der Waals surface area (Å²) in [7, 11) is 1.49. The largest absolute Gasteiger partial charge is 0.507 e. The molecule has 0 atom stereocenters. The van der Waals surface area contributed by atoms with Crippen LogP contribution >= 0.6 is 0 Å². The lowest BCUT2D eigenvalue weighted by atomic mass is 10.1. The number of phenols is 2. The molecule has 0 radical (unpaired) electrons. The van der Waals surface area contributed by atoms with Crippen LogP contribution in [0.15, 0.2) is 77.2 Å². The number of hydrogen-bond donors (Lipinski definition) is 3. The molecule has 0 unspecified atom stereocenters. The number of benzene rings is 3. The Morgan fingerprint density at radius 3 is 2.52 bits per heavy atom. The number of nitrogens with zero attached hydrogens (tertiary/aromatic N) is 4. The SMILES string of the molecule is CCc1cc(-c2ccc(C)o2)n(-c2ccc3c(c2)nc(-c2cc(C(N)=O)ccc2O)n3Cc2ccc(OC)c(O)c2)n1. The van der Waals surface area contributed by atoms with Crippen LogP contribution in [0, 0.1) is 6.92 Å². The van der Waals surface area contributed by atoms with Crippen molar-refractivity contribution in [2.24, 2.45) is 5.73 Å². The molecule has 3 aromatic heterocycles. The number of primary amides is 1. The summed E-state index contributed by atoms with van der Waals surface area (Å²) in [5.41, 5.74) is 10.8. The average Bonchev–Trinajstić information content (AvgIpc) is 3.70. The van der Waals surface area contributed by atoms with Crippen molar-refractivity contribution in [2.45, 2.75) is 26.8 Å². The van der Waals surface area contributed by atoms with Crippen LogP contribution in [0.4, 0.5) is 0 Å². The van der Waals surface area contributed by atoms with Crippen LogP contribution in [-0.2, 0) is 13.0 Å². The number of phenolic OH excluding ortho intramolecular Hbond substituents is 2. The summed E-state index contributed by atoms with van der Waals surface area (Å²) >= 11 is 0. The monoisotopic (exact) mass is 563 g/mol. The van der Waals surface area contributed by atoms with Crippen LogP contribution in [-0.4, -0.2) is 42.6 Å². The van der Waals surface area contributed by atoms with Crippen LogP contribution in [0.3, 0.4) is 0 Å². The molecule has 0 fully saturated rings. The lowest BCUT2D eigenvalue weighted by molar-refractivity contribution is 0.100. The van der Waals surface area contributed by atoms with Crippen LogP contribution in [0.1, 0.15) is 34.3 Å². The van der Waals surface area contributed by atoms with E-state index >= 15 is 0 Å². The van der Waals surface area contributed by atoms with Gasteiger partial charge < -0.3 is 29.7 Å². The molecule has 42 heavy (non-hydrogen) atoms. The van der Waals surface area contributed by atoms with E-state index in [-0.39, 0.29) is 17.1 Å². The second kappa shape index (κ2) is 10.5. The fourth-order valence-electron chi connectivity index (χ4n) is 5.05. The second-order valence-electron chi connectivity index (χ2n) is 9.99. The van der Waals surface area contributed by atoms with E-state index in [9.17, 15) is 15.0 Å². The fraction of sp³-hybridized carbons (Fsp3) is 0.156. The van der Waals surface area contributed by atoms with E-state index < -0.39 is 5.91 Å². The van der Waals surface area contributed by atoms with Gasteiger partial charge in [-0.25, -0.2) is 9.67 Å². The van der Waals surface area contributed by atoms with Gasteiger partial charge >= 0.3 is 0 Å². The number of imidazole rings is 1. The number of methoxy groups -OCH3 is 1. The van der Waals surface area contributed by atoms with Crippen molar-refractivity contribution in [3.8, 4) is 45.8 Å². The predicted molar refractivity (Wildman–Crippen MR) is 158 cm³/mol. The predicted octanol–water partition coefficient (Wildman–Crippen LogP) is 5.59. The number of furan rings is 1. The Bertz CT molecular complexity index is 1970. The van der Waals surface area contributed by atoms with Crippen LogP contribution < -0.4 is 10.5 Å². The van der Waals surface area contributed by atoms with Gasteiger partial charge in [0.15, 0.2) is 17.3 Å². The maximum Gasteiger partial charge on any atom is 0.248 e. The maximum absolute atomic E-state index is 12.0. The van der Waals surface area contributed by atoms with E-state index in [0.717, 1.165) is 40.3 Å². The zero-order valence-corrected chi connectivity index (χ0v) is 23.3. The molecule has 4 N–H and O–H groups in total. The molecule has 0 spiro atoms. The summed E-state index contributed by atoms with van der Waals surface area (Å²) in [6.45, 7) is 4.25. The molecule has 0 aliphatic rings. The lowest BCUT2D eigenvalue weighted by Gasteiger charge is -2.13. The highest BCUT2D eigenvalue weighted by atomic mass is 16.5. The molecular weight excluding hydrogens is 534 g/mol. The number of fused-ring (bicyclic) bond motifs is 1. The average molecular weight is 564 g/mol. The van der Waals surface area contributed by atoms with Gasteiger partial charge in [-0.2, -0.15) is 5.10 Å². The molecule has 0 saturated carbocycles. The Kier molecular flexibility index (Phi) is 6.66. The first-order valence-electron chi connectivity index (χ1n) is 13.4. The van der Waals surface area contributed by atoms with E-state index in [1.165, 1.54) is 25.3 Å². The van der Waals surface area contributed by atoms with Gasteiger partial charge in [0.2, 0.25) is 5.91 Å². The smallest absolute Gasteiger partial charge is 0.248 e. The molecule has 3 heterocycles. The van der Waals surface area contributed by atoms with Gasteiger partial charge in [0.1, 0.15) is 23.0 Å². The summed E-state index contributed by atoms with van der Waals surface area (Å²) in [4.78, 5) is 16.9. The number of carbonyl (C=O) groups is 1. The third kappa shape index (κ3) is 4.72. The van der Waals surface area contributed by atoms with Crippen molar-refractivity contribution in [3.63, 3.8) is 0 Å². The summed E-state index contributed by atoms with van der Waals surface area (Å²) in [5, 5.41) is 26.1.